The Morgan fingerprint density at radius 1 is 1.35 bits per heavy atom. The molecular weight excluding hydrogens is 317 g/mol. The second-order valence-electron chi connectivity index (χ2n) is 4.55. The van der Waals surface area contributed by atoms with Gasteiger partial charge in [0.25, 0.3) is 0 Å². The van der Waals surface area contributed by atoms with E-state index < -0.39 is 26.7 Å². The number of benzene rings is 1. The molecule has 1 unspecified atom stereocenters. The molecule has 9 heteroatoms. The van der Waals surface area contributed by atoms with Gasteiger partial charge in [-0.1, -0.05) is 11.6 Å². The number of alkyl halides is 3. The fourth-order valence-corrected chi connectivity index (χ4v) is 3.94. The van der Waals surface area contributed by atoms with Gasteiger partial charge in [0.2, 0.25) is 10.0 Å². The van der Waals surface area contributed by atoms with E-state index in [0.717, 1.165) is 16.4 Å². The molecule has 0 aromatic heterocycles. The minimum atomic E-state index is -4.80. The smallest absolute Gasteiger partial charge is 0.326 e. The van der Waals surface area contributed by atoms with Crippen LogP contribution in [0.15, 0.2) is 23.1 Å². The number of nitrogens with zero attached hydrogens (tertiary/aromatic N) is 1. The highest BCUT2D eigenvalue weighted by Gasteiger charge is 2.40. The van der Waals surface area contributed by atoms with Crippen LogP contribution in [0.5, 0.6) is 0 Å². The summed E-state index contributed by atoms with van der Waals surface area (Å²) in [5.74, 6) is 0. The summed E-state index contributed by atoms with van der Waals surface area (Å²) in [5.41, 5.74) is 4.34. The molecule has 1 aromatic rings. The summed E-state index contributed by atoms with van der Waals surface area (Å²) < 4.78 is 64.4. The first-order valence-electron chi connectivity index (χ1n) is 5.75. The Morgan fingerprint density at radius 2 is 2.00 bits per heavy atom. The predicted octanol–water partition coefficient (Wildman–Crippen LogP) is 2.08. The lowest BCUT2D eigenvalue weighted by molar-refractivity contribution is -0.139. The molecule has 0 spiro atoms. The lowest BCUT2D eigenvalue weighted by Gasteiger charge is -2.19. The summed E-state index contributed by atoms with van der Waals surface area (Å²) in [7, 11) is -4.23. The highest BCUT2D eigenvalue weighted by atomic mass is 35.5. The second-order valence-corrected chi connectivity index (χ2v) is 6.89. The van der Waals surface area contributed by atoms with Crippen LogP contribution in [0.1, 0.15) is 12.0 Å². The van der Waals surface area contributed by atoms with E-state index in [0.29, 0.717) is 12.5 Å². The number of hydrogen-bond donors (Lipinski definition) is 1. The highest BCUT2D eigenvalue weighted by molar-refractivity contribution is 7.89. The third-order valence-electron chi connectivity index (χ3n) is 3.05. The molecule has 0 radical (unpaired) electrons. The van der Waals surface area contributed by atoms with Crippen LogP contribution in [-0.2, 0) is 16.2 Å². The number of halogens is 4. The summed E-state index contributed by atoms with van der Waals surface area (Å²) >= 11 is 5.53. The topological polar surface area (TPSA) is 63.4 Å². The van der Waals surface area contributed by atoms with Crippen LogP contribution >= 0.6 is 11.6 Å². The molecular formula is C11H12ClF3N2O2S. The molecule has 0 aliphatic carbocycles. The van der Waals surface area contributed by atoms with Crippen molar-refractivity contribution in [1.29, 1.82) is 0 Å². The van der Waals surface area contributed by atoms with E-state index in [1.54, 1.807) is 0 Å². The van der Waals surface area contributed by atoms with Crippen LogP contribution in [0.3, 0.4) is 0 Å². The van der Waals surface area contributed by atoms with Crippen molar-refractivity contribution in [3.8, 4) is 0 Å². The Labute approximate surface area is 119 Å². The molecule has 0 bridgehead atoms. The van der Waals surface area contributed by atoms with Gasteiger partial charge in [0.15, 0.2) is 0 Å². The first-order valence-corrected chi connectivity index (χ1v) is 7.56. The first-order chi connectivity index (χ1) is 9.12. The van der Waals surface area contributed by atoms with Gasteiger partial charge in [0.05, 0.1) is 10.5 Å². The van der Waals surface area contributed by atoms with Crippen molar-refractivity contribution in [2.24, 2.45) is 5.73 Å². The molecule has 0 saturated carbocycles. The average molecular weight is 329 g/mol. The van der Waals surface area contributed by atoms with Crippen LogP contribution in [-0.4, -0.2) is 31.9 Å². The van der Waals surface area contributed by atoms with E-state index in [1.165, 1.54) is 0 Å². The third-order valence-corrected chi connectivity index (χ3v) is 5.21. The third kappa shape index (κ3) is 2.93. The van der Waals surface area contributed by atoms with E-state index in [9.17, 15) is 21.6 Å². The van der Waals surface area contributed by atoms with E-state index in [1.807, 2.05) is 0 Å². The van der Waals surface area contributed by atoms with Crippen LogP contribution in [0, 0.1) is 0 Å². The fraction of sp³-hybridized carbons (Fsp3) is 0.455. The summed E-state index contributed by atoms with van der Waals surface area (Å²) in [4.78, 5) is -0.788. The maximum atomic E-state index is 13.0. The van der Waals surface area contributed by atoms with Crippen molar-refractivity contribution in [3.63, 3.8) is 0 Å². The van der Waals surface area contributed by atoms with E-state index in [-0.39, 0.29) is 24.2 Å². The molecule has 1 heterocycles. The molecule has 4 nitrogen and oxygen atoms in total. The fourth-order valence-electron chi connectivity index (χ4n) is 2.06. The Morgan fingerprint density at radius 3 is 2.50 bits per heavy atom. The van der Waals surface area contributed by atoms with Gasteiger partial charge in [-0.25, -0.2) is 8.42 Å². The lowest BCUT2D eigenvalue weighted by atomic mass is 10.2. The monoisotopic (exact) mass is 328 g/mol. The number of nitrogens with two attached hydrogens (primary N) is 1. The largest absolute Gasteiger partial charge is 0.417 e. The molecule has 1 saturated heterocycles. The van der Waals surface area contributed by atoms with Gasteiger partial charge in [0.1, 0.15) is 0 Å². The van der Waals surface area contributed by atoms with Crippen LogP contribution < -0.4 is 5.73 Å². The van der Waals surface area contributed by atoms with Crippen LogP contribution in [0.25, 0.3) is 0 Å². The van der Waals surface area contributed by atoms with E-state index >= 15 is 0 Å². The zero-order chi connectivity index (χ0) is 15.1. The van der Waals surface area contributed by atoms with Gasteiger partial charge in [0, 0.05) is 24.2 Å². The molecule has 2 N–H and O–H groups in total. The first kappa shape index (κ1) is 15.6. The van der Waals surface area contributed by atoms with Crippen molar-refractivity contribution < 1.29 is 21.6 Å². The Hall–Kier alpha value is -0.830. The molecule has 112 valence electrons. The molecule has 0 amide bonds. The lowest BCUT2D eigenvalue weighted by Crippen LogP contribution is -2.33. The van der Waals surface area contributed by atoms with Crippen molar-refractivity contribution in [2.45, 2.75) is 23.5 Å². The van der Waals surface area contributed by atoms with Crippen LogP contribution in [0.2, 0.25) is 5.02 Å². The highest BCUT2D eigenvalue weighted by Crippen LogP contribution is 2.37. The van der Waals surface area contributed by atoms with Gasteiger partial charge in [-0.2, -0.15) is 17.5 Å². The van der Waals surface area contributed by atoms with Crippen molar-refractivity contribution in [1.82, 2.24) is 4.31 Å². The Kier molecular flexibility index (Phi) is 4.03. The molecule has 1 aromatic carbocycles. The SMILES string of the molecule is NC1CCN(S(=O)(=O)c2ccc(Cl)cc2C(F)(F)F)C1. The molecule has 1 aliphatic rings. The van der Waals surface area contributed by atoms with Gasteiger partial charge in [-0.15, -0.1) is 0 Å². The average Bonchev–Trinajstić information content (AvgIpc) is 2.75. The molecule has 2 rings (SSSR count). The zero-order valence-corrected chi connectivity index (χ0v) is 11.8. The number of rotatable bonds is 2. The molecule has 20 heavy (non-hydrogen) atoms. The van der Waals surface area contributed by atoms with E-state index in [4.69, 9.17) is 17.3 Å². The zero-order valence-electron chi connectivity index (χ0n) is 10.2. The Bertz CT molecular complexity index is 619. The minimum absolute atomic E-state index is 0.0161. The standard InChI is InChI=1S/C11H12ClF3N2O2S/c12-7-1-2-10(9(5-7)11(13,14)15)20(18,19)17-4-3-8(16)6-17/h1-2,5,8H,3-4,6,16H2. The normalized spacial score (nSPS) is 21.4. The van der Waals surface area contributed by atoms with Gasteiger partial charge >= 0.3 is 6.18 Å². The van der Waals surface area contributed by atoms with Gasteiger partial charge in [-0.3, -0.25) is 0 Å². The maximum absolute atomic E-state index is 13.0. The number of sulfonamides is 1. The predicted molar refractivity (Wildman–Crippen MR) is 67.8 cm³/mol. The van der Waals surface area contributed by atoms with Crippen LogP contribution in [0.4, 0.5) is 13.2 Å². The molecule has 1 fully saturated rings. The molecule has 1 aliphatic heterocycles. The van der Waals surface area contributed by atoms with Crippen molar-refractivity contribution in [3.05, 3.63) is 28.8 Å². The summed E-state index contributed by atoms with van der Waals surface area (Å²) in [6.07, 6.45) is -4.37. The number of hydrogen-bond acceptors (Lipinski definition) is 3. The van der Waals surface area contributed by atoms with E-state index in [2.05, 4.69) is 0 Å². The minimum Gasteiger partial charge on any atom is -0.326 e. The summed E-state index contributed by atoms with van der Waals surface area (Å²) in [6.45, 7) is 0.131. The Balaban J connectivity index is 2.52. The van der Waals surface area contributed by atoms with Crippen molar-refractivity contribution >= 4 is 21.6 Å². The summed E-state index contributed by atoms with van der Waals surface area (Å²) in [5, 5.41) is -0.172. The van der Waals surface area contributed by atoms with Gasteiger partial charge in [-0.05, 0) is 24.6 Å². The van der Waals surface area contributed by atoms with Gasteiger partial charge < -0.3 is 5.73 Å². The summed E-state index contributed by atoms with van der Waals surface area (Å²) in [6, 6.07) is 2.26. The second kappa shape index (κ2) is 5.18. The maximum Gasteiger partial charge on any atom is 0.417 e. The molecule has 1 atom stereocenters. The quantitative estimate of drug-likeness (QED) is 0.904. The van der Waals surface area contributed by atoms with Crippen molar-refractivity contribution in [2.75, 3.05) is 13.1 Å².